The first-order valence-corrected chi connectivity index (χ1v) is 8.81. The Hall–Kier alpha value is -1.18. The molecule has 0 amide bonds. The molecule has 0 aromatic heterocycles. The molecule has 118 valence electrons. The average Bonchev–Trinajstić information content (AvgIpc) is 2.93. The van der Waals surface area contributed by atoms with Crippen molar-refractivity contribution >= 4 is 11.6 Å². The van der Waals surface area contributed by atoms with E-state index in [2.05, 4.69) is 19.9 Å². The third kappa shape index (κ3) is 1.67. The molecule has 2 fully saturated rings. The molecule has 2 nitrogen and oxygen atoms in total. The molecule has 2 heteroatoms. The molecule has 0 spiro atoms. The van der Waals surface area contributed by atoms with Gasteiger partial charge in [-0.3, -0.25) is 9.59 Å². The van der Waals surface area contributed by atoms with E-state index >= 15 is 0 Å². The highest BCUT2D eigenvalue weighted by Crippen LogP contribution is 2.64. The van der Waals surface area contributed by atoms with Gasteiger partial charge in [0.2, 0.25) is 0 Å². The maximum atomic E-state index is 12.1. The van der Waals surface area contributed by atoms with E-state index in [-0.39, 0.29) is 16.7 Å². The molecule has 4 rings (SSSR count). The highest BCUT2D eigenvalue weighted by atomic mass is 16.1. The molecule has 0 heterocycles. The van der Waals surface area contributed by atoms with Crippen LogP contribution in [0.2, 0.25) is 0 Å². The summed E-state index contributed by atoms with van der Waals surface area (Å²) in [5.74, 6) is 2.15. The average molecular weight is 298 g/mol. The van der Waals surface area contributed by atoms with Crippen LogP contribution in [0, 0.1) is 28.6 Å². The van der Waals surface area contributed by atoms with Gasteiger partial charge >= 0.3 is 0 Å². The van der Waals surface area contributed by atoms with Gasteiger partial charge in [0.25, 0.3) is 0 Å². The summed E-state index contributed by atoms with van der Waals surface area (Å²) >= 11 is 0. The zero-order chi connectivity index (χ0) is 15.7. The van der Waals surface area contributed by atoms with Gasteiger partial charge in [-0.2, -0.15) is 0 Å². The molecule has 0 aromatic rings. The number of carbonyl (C=O) groups excluding carboxylic acids is 2. The molecule has 0 bridgehead atoms. The minimum Gasteiger partial charge on any atom is -0.300 e. The quantitative estimate of drug-likeness (QED) is 0.678. The highest BCUT2D eigenvalue weighted by Gasteiger charge is 2.57. The first kappa shape index (κ1) is 14.4. The zero-order valence-corrected chi connectivity index (χ0v) is 13.9. The SMILES string of the molecule is CC(=O)[C@H]1CC[C@@H]2[C@H]3CCC4=CC(=O)C[C@]4(C)C3=CC[C@]12C. The van der Waals surface area contributed by atoms with E-state index in [1.54, 1.807) is 6.92 Å². The monoisotopic (exact) mass is 298 g/mol. The first-order chi connectivity index (χ1) is 10.4. The van der Waals surface area contributed by atoms with Crippen LogP contribution in [0.5, 0.6) is 0 Å². The van der Waals surface area contributed by atoms with Crippen molar-refractivity contribution in [1.29, 1.82) is 0 Å². The lowest BCUT2D eigenvalue weighted by Gasteiger charge is -2.51. The molecule has 0 N–H and O–H groups in total. The lowest BCUT2D eigenvalue weighted by atomic mass is 9.53. The fourth-order valence-corrected chi connectivity index (χ4v) is 6.39. The Morgan fingerprint density at radius 2 is 2.00 bits per heavy atom. The van der Waals surface area contributed by atoms with Crippen LogP contribution in [0.15, 0.2) is 23.3 Å². The summed E-state index contributed by atoms with van der Waals surface area (Å²) in [5, 5.41) is 0. The molecule has 0 aromatic carbocycles. The Labute approximate surface area is 133 Å². The zero-order valence-electron chi connectivity index (χ0n) is 13.9. The van der Waals surface area contributed by atoms with Crippen molar-refractivity contribution in [3.05, 3.63) is 23.3 Å². The number of hydrogen-bond acceptors (Lipinski definition) is 2. The minimum absolute atomic E-state index is 0.00433. The van der Waals surface area contributed by atoms with E-state index in [0.29, 0.717) is 29.8 Å². The standard InChI is InChI=1S/C20H26O2/c1-12(21)16-6-7-17-15-5-4-13-10-14(22)11-20(13,3)18(15)8-9-19(16,17)2/h8,10,15-17H,4-7,9,11H2,1-3H3/t15-,16-,17-,19-,20+/m1/s1. The van der Waals surface area contributed by atoms with Crippen molar-refractivity contribution in [2.24, 2.45) is 28.6 Å². The summed E-state index contributed by atoms with van der Waals surface area (Å²) in [7, 11) is 0. The number of ketones is 2. The third-order valence-corrected chi connectivity index (χ3v) is 7.48. The van der Waals surface area contributed by atoms with E-state index < -0.39 is 0 Å². The fraction of sp³-hybridized carbons (Fsp3) is 0.700. The normalized spacial score (nSPS) is 46.5. The van der Waals surface area contributed by atoms with Gasteiger partial charge < -0.3 is 0 Å². The van der Waals surface area contributed by atoms with Gasteiger partial charge in [0, 0.05) is 17.8 Å². The van der Waals surface area contributed by atoms with Crippen molar-refractivity contribution in [3.8, 4) is 0 Å². The molecule has 4 aliphatic rings. The summed E-state index contributed by atoms with van der Waals surface area (Å²) in [5.41, 5.74) is 3.04. The Balaban J connectivity index is 1.75. The minimum atomic E-state index is -0.00433. The van der Waals surface area contributed by atoms with Crippen LogP contribution in [-0.2, 0) is 9.59 Å². The molecule has 0 saturated heterocycles. The number of Topliss-reactive ketones (excluding diaryl/α,β-unsaturated/α-hetero) is 1. The number of rotatable bonds is 1. The van der Waals surface area contributed by atoms with Crippen molar-refractivity contribution in [1.82, 2.24) is 0 Å². The number of carbonyl (C=O) groups is 2. The van der Waals surface area contributed by atoms with E-state index in [1.165, 1.54) is 24.0 Å². The van der Waals surface area contributed by atoms with Crippen LogP contribution in [0.1, 0.15) is 59.3 Å². The van der Waals surface area contributed by atoms with Crippen molar-refractivity contribution in [2.75, 3.05) is 0 Å². The fourth-order valence-electron chi connectivity index (χ4n) is 6.39. The lowest BCUT2D eigenvalue weighted by molar-refractivity contribution is -0.124. The van der Waals surface area contributed by atoms with Gasteiger partial charge in [-0.1, -0.05) is 31.1 Å². The smallest absolute Gasteiger partial charge is 0.156 e. The highest BCUT2D eigenvalue weighted by molar-refractivity contribution is 5.95. The van der Waals surface area contributed by atoms with Gasteiger partial charge in [-0.25, -0.2) is 0 Å². The van der Waals surface area contributed by atoms with Gasteiger partial charge in [-0.05, 0) is 62.4 Å². The van der Waals surface area contributed by atoms with E-state index in [0.717, 1.165) is 19.3 Å². The van der Waals surface area contributed by atoms with Crippen LogP contribution < -0.4 is 0 Å². The maximum Gasteiger partial charge on any atom is 0.156 e. The number of allylic oxidation sites excluding steroid dienone is 4. The molecule has 22 heavy (non-hydrogen) atoms. The Morgan fingerprint density at radius 1 is 1.23 bits per heavy atom. The van der Waals surface area contributed by atoms with Crippen LogP contribution in [0.3, 0.4) is 0 Å². The van der Waals surface area contributed by atoms with Gasteiger partial charge in [0.1, 0.15) is 5.78 Å². The first-order valence-electron chi connectivity index (χ1n) is 8.81. The second-order valence-electron chi connectivity index (χ2n) is 8.51. The van der Waals surface area contributed by atoms with Gasteiger partial charge in [-0.15, -0.1) is 0 Å². The Morgan fingerprint density at radius 3 is 2.73 bits per heavy atom. The molecule has 4 aliphatic carbocycles. The van der Waals surface area contributed by atoms with Crippen LogP contribution in [0.25, 0.3) is 0 Å². The van der Waals surface area contributed by atoms with Crippen molar-refractivity contribution < 1.29 is 9.59 Å². The van der Waals surface area contributed by atoms with E-state index in [9.17, 15) is 9.59 Å². The molecule has 5 atom stereocenters. The summed E-state index contributed by atoms with van der Waals surface area (Å²) in [6, 6.07) is 0. The van der Waals surface area contributed by atoms with Crippen LogP contribution in [-0.4, -0.2) is 11.6 Å². The summed E-state index contributed by atoms with van der Waals surface area (Å²) in [6.07, 6.45) is 10.5. The van der Waals surface area contributed by atoms with Crippen molar-refractivity contribution in [3.63, 3.8) is 0 Å². The van der Waals surface area contributed by atoms with Gasteiger partial charge in [0.15, 0.2) is 5.78 Å². The number of hydrogen-bond donors (Lipinski definition) is 0. The summed E-state index contributed by atoms with van der Waals surface area (Å²) in [4.78, 5) is 24.1. The largest absolute Gasteiger partial charge is 0.300 e. The second kappa shape index (κ2) is 4.43. The third-order valence-electron chi connectivity index (χ3n) is 7.48. The topological polar surface area (TPSA) is 34.1 Å². The summed E-state index contributed by atoms with van der Waals surface area (Å²) < 4.78 is 0. The predicted molar refractivity (Wildman–Crippen MR) is 86.2 cm³/mol. The molecule has 2 saturated carbocycles. The van der Waals surface area contributed by atoms with E-state index in [1.807, 2.05) is 6.08 Å². The van der Waals surface area contributed by atoms with Gasteiger partial charge in [0.05, 0.1) is 0 Å². The molecular formula is C20H26O2. The lowest BCUT2D eigenvalue weighted by Crippen LogP contribution is -2.43. The predicted octanol–water partition coefficient (Wildman–Crippen LogP) is 4.25. The molecule has 0 unspecified atom stereocenters. The molecular weight excluding hydrogens is 272 g/mol. The molecule has 0 radical (unpaired) electrons. The van der Waals surface area contributed by atoms with Crippen LogP contribution in [0.4, 0.5) is 0 Å². The summed E-state index contributed by atoms with van der Waals surface area (Å²) in [6.45, 7) is 6.40. The second-order valence-corrected chi connectivity index (χ2v) is 8.51. The molecule has 0 aliphatic heterocycles. The van der Waals surface area contributed by atoms with E-state index in [4.69, 9.17) is 0 Å². The van der Waals surface area contributed by atoms with Crippen LogP contribution >= 0.6 is 0 Å². The number of fused-ring (bicyclic) bond motifs is 5. The maximum absolute atomic E-state index is 12.1. The Kier molecular flexibility index (Phi) is 2.90. The van der Waals surface area contributed by atoms with Crippen molar-refractivity contribution in [2.45, 2.75) is 59.3 Å². The Bertz CT molecular complexity index is 626.